The molecule has 0 amide bonds. The minimum Gasteiger partial charge on any atom is -0.396 e. The second-order valence-electron chi connectivity index (χ2n) is 4.21. The van der Waals surface area contributed by atoms with Gasteiger partial charge >= 0.3 is 5.69 Å². The number of nitrogens with zero attached hydrogens (tertiary/aromatic N) is 3. The minimum atomic E-state index is -0.603. The van der Waals surface area contributed by atoms with E-state index in [0.29, 0.717) is 6.42 Å². The molecule has 0 radical (unpaired) electrons. The molecule has 0 saturated carbocycles. The van der Waals surface area contributed by atoms with Gasteiger partial charge in [-0.1, -0.05) is 23.8 Å². The summed E-state index contributed by atoms with van der Waals surface area (Å²) in [6.45, 7) is 0.0693. The third kappa shape index (κ3) is 2.99. The van der Waals surface area contributed by atoms with Crippen molar-refractivity contribution in [1.82, 2.24) is 9.97 Å². The Morgan fingerprint density at radius 1 is 1.58 bits per heavy atom. The van der Waals surface area contributed by atoms with Crippen molar-refractivity contribution in [3.63, 3.8) is 0 Å². The van der Waals surface area contributed by atoms with Gasteiger partial charge in [-0.2, -0.15) is 0 Å². The number of aliphatic hydroxyl groups excluding tert-OH is 1. The van der Waals surface area contributed by atoms with Gasteiger partial charge in [0.1, 0.15) is 6.33 Å². The monoisotopic (exact) mass is 284 g/mol. The van der Waals surface area contributed by atoms with Crippen molar-refractivity contribution >= 4 is 23.1 Å². The molecule has 2 atom stereocenters. The first-order chi connectivity index (χ1) is 9.13. The van der Waals surface area contributed by atoms with Gasteiger partial charge in [0, 0.05) is 12.6 Å². The molecule has 0 spiro atoms. The lowest BCUT2D eigenvalue weighted by molar-refractivity contribution is -0.384. The van der Waals surface area contributed by atoms with Gasteiger partial charge in [-0.15, -0.1) is 0 Å². The summed E-state index contributed by atoms with van der Waals surface area (Å²) in [4.78, 5) is 17.9. The van der Waals surface area contributed by atoms with Crippen LogP contribution in [-0.4, -0.2) is 32.6 Å². The third-order valence-corrected chi connectivity index (χ3v) is 3.31. The van der Waals surface area contributed by atoms with Crippen LogP contribution in [-0.2, 0) is 0 Å². The van der Waals surface area contributed by atoms with Gasteiger partial charge in [0.25, 0.3) is 0 Å². The van der Waals surface area contributed by atoms with Crippen LogP contribution in [0.4, 0.5) is 11.5 Å². The van der Waals surface area contributed by atoms with Crippen LogP contribution in [0, 0.1) is 16.0 Å². The number of halogens is 1. The first-order valence-electron chi connectivity index (χ1n) is 5.82. The first kappa shape index (κ1) is 13.7. The maximum absolute atomic E-state index is 11.0. The zero-order chi connectivity index (χ0) is 13.8. The molecular formula is C11H13ClN4O3. The Labute approximate surface area is 114 Å². The molecule has 0 fully saturated rings. The number of rotatable bonds is 5. The molecule has 1 aromatic heterocycles. The molecular weight excluding hydrogens is 272 g/mol. The molecule has 8 heteroatoms. The van der Waals surface area contributed by atoms with Gasteiger partial charge in [0.2, 0.25) is 11.0 Å². The molecule has 2 N–H and O–H groups in total. The predicted molar refractivity (Wildman–Crippen MR) is 70.1 cm³/mol. The molecule has 1 aliphatic carbocycles. The lowest BCUT2D eigenvalue weighted by atomic mass is 10.0. The Morgan fingerprint density at radius 2 is 2.37 bits per heavy atom. The van der Waals surface area contributed by atoms with E-state index in [1.165, 1.54) is 6.33 Å². The number of aromatic nitrogens is 2. The summed E-state index contributed by atoms with van der Waals surface area (Å²) in [6.07, 6.45) is 6.47. The highest BCUT2D eigenvalue weighted by Crippen LogP contribution is 2.32. The summed E-state index contributed by atoms with van der Waals surface area (Å²) in [5, 5.41) is 22.8. The second-order valence-corrected chi connectivity index (χ2v) is 4.57. The number of anilines is 1. The summed E-state index contributed by atoms with van der Waals surface area (Å²) in [5.41, 5.74) is -0.321. The van der Waals surface area contributed by atoms with Crippen LogP contribution in [0.15, 0.2) is 18.5 Å². The van der Waals surface area contributed by atoms with E-state index < -0.39 is 4.92 Å². The molecule has 1 heterocycles. The van der Waals surface area contributed by atoms with Gasteiger partial charge < -0.3 is 10.4 Å². The lowest BCUT2D eigenvalue weighted by Gasteiger charge is -2.20. The molecule has 7 nitrogen and oxygen atoms in total. The van der Waals surface area contributed by atoms with Crippen molar-refractivity contribution in [2.75, 3.05) is 11.9 Å². The van der Waals surface area contributed by atoms with E-state index in [0.717, 1.165) is 6.42 Å². The number of nitro groups is 1. The second kappa shape index (κ2) is 5.94. The van der Waals surface area contributed by atoms with E-state index >= 15 is 0 Å². The van der Waals surface area contributed by atoms with Crippen molar-refractivity contribution in [2.24, 2.45) is 5.92 Å². The van der Waals surface area contributed by atoms with Crippen molar-refractivity contribution in [3.8, 4) is 0 Å². The molecule has 0 saturated heterocycles. The van der Waals surface area contributed by atoms with Crippen LogP contribution in [0.5, 0.6) is 0 Å². The number of hydrogen-bond donors (Lipinski definition) is 2. The summed E-state index contributed by atoms with van der Waals surface area (Å²) in [7, 11) is 0. The van der Waals surface area contributed by atoms with Crippen LogP contribution in [0.3, 0.4) is 0 Å². The molecule has 0 aromatic carbocycles. The lowest BCUT2D eigenvalue weighted by Crippen LogP contribution is -2.26. The van der Waals surface area contributed by atoms with E-state index in [2.05, 4.69) is 15.3 Å². The van der Waals surface area contributed by atoms with Gasteiger partial charge in [0.05, 0.1) is 4.92 Å². The predicted octanol–water partition coefficient (Wildman–Crippen LogP) is 1.78. The highest BCUT2D eigenvalue weighted by Gasteiger charge is 2.27. The Bertz CT molecular complexity index is 509. The zero-order valence-corrected chi connectivity index (χ0v) is 10.7. The van der Waals surface area contributed by atoms with Crippen LogP contribution in [0.2, 0.25) is 5.15 Å². The van der Waals surface area contributed by atoms with E-state index in [9.17, 15) is 10.1 Å². The van der Waals surface area contributed by atoms with Crippen LogP contribution < -0.4 is 5.32 Å². The Balaban J connectivity index is 2.20. The quantitative estimate of drug-likeness (QED) is 0.370. The smallest absolute Gasteiger partial charge is 0.348 e. The maximum atomic E-state index is 11.0. The van der Waals surface area contributed by atoms with Gasteiger partial charge in [0.15, 0.2) is 0 Å². The summed E-state index contributed by atoms with van der Waals surface area (Å²) in [5.74, 6) is 0.236. The van der Waals surface area contributed by atoms with Crippen molar-refractivity contribution in [3.05, 3.63) is 33.7 Å². The molecule has 0 bridgehead atoms. The zero-order valence-electron chi connectivity index (χ0n) is 9.99. The number of nitrogens with one attached hydrogen (secondary N) is 1. The van der Waals surface area contributed by atoms with E-state index in [4.69, 9.17) is 16.7 Å². The molecule has 2 rings (SSSR count). The summed E-state index contributed by atoms with van der Waals surface area (Å²) in [6, 6.07) is -0.0307. The van der Waals surface area contributed by atoms with E-state index in [1.54, 1.807) is 0 Å². The van der Waals surface area contributed by atoms with Gasteiger partial charge in [-0.25, -0.2) is 9.97 Å². The van der Waals surface area contributed by atoms with E-state index in [1.807, 2.05) is 12.2 Å². The van der Waals surface area contributed by atoms with Crippen LogP contribution in [0.25, 0.3) is 0 Å². The fraction of sp³-hybridized carbons (Fsp3) is 0.455. The number of hydrogen-bond acceptors (Lipinski definition) is 6. The van der Waals surface area contributed by atoms with Crippen LogP contribution in [0.1, 0.15) is 12.8 Å². The number of aliphatic hydroxyl groups is 1. The summed E-state index contributed by atoms with van der Waals surface area (Å²) >= 11 is 5.72. The van der Waals surface area contributed by atoms with E-state index in [-0.39, 0.29) is 35.2 Å². The Kier molecular flexibility index (Phi) is 4.28. The van der Waals surface area contributed by atoms with Gasteiger partial charge in [-0.3, -0.25) is 10.1 Å². The van der Waals surface area contributed by atoms with Gasteiger partial charge in [-0.05, 0) is 18.8 Å². The average molecular weight is 285 g/mol. The van der Waals surface area contributed by atoms with Crippen LogP contribution >= 0.6 is 11.6 Å². The Morgan fingerprint density at radius 3 is 3.05 bits per heavy atom. The van der Waals surface area contributed by atoms with Crippen molar-refractivity contribution < 1.29 is 10.0 Å². The molecule has 0 aliphatic heterocycles. The van der Waals surface area contributed by atoms with Crippen molar-refractivity contribution in [2.45, 2.75) is 18.9 Å². The maximum Gasteiger partial charge on any atom is 0.348 e. The first-order valence-corrected chi connectivity index (χ1v) is 6.20. The molecule has 102 valence electrons. The topological polar surface area (TPSA) is 101 Å². The molecule has 2 unspecified atom stereocenters. The SMILES string of the molecule is O=[N+]([O-])c1c(Cl)ncnc1NC1CC=CC1CCO. The highest BCUT2D eigenvalue weighted by molar-refractivity contribution is 6.31. The fourth-order valence-corrected chi connectivity index (χ4v) is 2.32. The third-order valence-electron chi connectivity index (χ3n) is 3.03. The molecule has 19 heavy (non-hydrogen) atoms. The normalized spacial score (nSPS) is 21.6. The minimum absolute atomic E-state index is 0.0307. The molecule has 1 aromatic rings. The average Bonchev–Trinajstić information content (AvgIpc) is 2.77. The largest absolute Gasteiger partial charge is 0.396 e. The summed E-state index contributed by atoms with van der Waals surface area (Å²) < 4.78 is 0. The van der Waals surface area contributed by atoms with Crippen molar-refractivity contribution in [1.29, 1.82) is 0 Å². The standard InChI is InChI=1S/C11H13ClN4O3/c12-10-9(16(18)19)11(14-6-13-10)15-8-3-1-2-7(8)4-5-17/h1-2,6-8,17H,3-5H2,(H,13,14,15). The highest BCUT2D eigenvalue weighted by atomic mass is 35.5. The molecule has 1 aliphatic rings. The Hall–Kier alpha value is -1.73. The fourth-order valence-electron chi connectivity index (χ4n) is 2.12.